The van der Waals surface area contributed by atoms with Gasteiger partial charge in [-0.15, -0.1) is 5.10 Å². The monoisotopic (exact) mass is 282 g/mol. The van der Waals surface area contributed by atoms with E-state index in [1.807, 2.05) is 14.0 Å². The standard InChI is InChI=1S/C12H15ClN4O2/c1-7(14-2)11-16-17-12(19-11)15-9-6-8(13)4-5-10(9)18-3/h4-7,14H,1-3H3,(H,15,17). The normalized spacial score (nSPS) is 12.2. The number of nitrogens with one attached hydrogen (secondary N) is 2. The molecule has 0 saturated heterocycles. The maximum Gasteiger partial charge on any atom is 0.320 e. The molecule has 0 aliphatic heterocycles. The highest BCUT2D eigenvalue weighted by Crippen LogP contribution is 2.30. The number of benzene rings is 1. The van der Waals surface area contributed by atoms with Gasteiger partial charge >= 0.3 is 6.01 Å². The summed E-state index contributed by atoms with van der Waals surface area (Å²) in [5.74, 6) is 1.15. The van der Waals surface area contributed by atoms with Crippen LogP contribution >= 0.6 is 11.6 Å². The second-order valence-corrected chi connectivity index (χ2v) is 4.36. The van der Waals surface area contributed by atoms with E-state index in [1.54, 1.807) is 25.3 Å². The van der Waals surface area contributed by atoms with Crippen LogP contribution in [0.15, 0.2) is 22.6 Å². The molecule has 1 unspecified atom stereocenters. The summed E-state index contributed by atoms with van der Waals surface area (Å²) in [6.45, 7) is 1.93. The Hall–Kier alpha value is -1.79. The molecule has 7 heteroatoms. The van der Waals surface area contributed by atoms with Crippen molar-refractivity contribution in [2.24, 2.45) is 0 Å². The van der Waals surface area contributed by atoms with Gasteiger partial charge in [0.15, 0.2) is 0 Å². The second-order valence-electron chi connectivity index (χ2n) is 3.93. The Balaban J connectivity index is 2.21. The minimum absolute atomic E-state index is 0.00990. The number of hydrogen-bond donors (Lipinski definition) is 2. The van der Waals surface area contributed by atoms with Crippen LogP contribution in [0.4, 0.5) is 11.7 Å². The van der Waals surface area contributed by atoms with Crippen molar-refractivity contribution < 1.29 is 9.15 Å². The van der Waals surface area contributed by atoms with Crippen LogP contribution in [0.5, 0.6) is 5.75 Å². The van der Waals surface area contributed by atoms with E-state index in [9.17, 15) is 0 Å². The molecule has 1 atom stereocenters. The molecule has 0 fully saturated rings. The zero-order valence-electron chi connectivity index (χ0n) is 10.9. The zero-order chi connectivity index (χ0) is 13.8. The molecule has 1 heterocycles. The van der Waals surface area contributed by atoms with Crippen molar-refractivity contribution in [3.05, 3.63) is 29.1 Å². The molecule has 19 heavy (non-hydrogen) atoms. The van der Waals surface area contributed by atoms with E-state index < -0.39 is 0 Å². The van der Waals surface area contributed by atoms with E-state index in [0.29, 0.717) is 22.4 Å². The number of halogens is 1. The number of aromatic nitrogens is 2. The molecule has 1 aromatic carbocycles. The lowest BCUT2D eigenvalue weighted by Gasteiger charge is -2.08. The molecule has 0 bridgehead atoms. The molecule has 2 rings (SSSR count). The summed E-state index contributed by atoms with van der Waals surface area (Å²) in [5.41, 5.74) is 0.669. The first-order valence-electron chi connectivity index (χ1n) is 5.75. The Bertz CT molecular complexity index is 558. The average Bonchev–Trinajstić information content (AvgIpc) is 2.86. The van der Waals surface area contributed by atoms with Crippen LogP contribution in [-0.2, 0) is 0 Å². The molecule has 0 spiro atoms. The lowest BCUT2D eigenvalue weighted by Crippen LogP contribution is -2.12. The molecule has 0 aliphatic carbocycles. The maximum atomic E-state index is 5.95. The summed E-state index contributed by atoms with van der Waals surface area (Å²) in [6.07, 6.45) is 0. The average molecular weight is 283 g/mol. The number of hydrogen-bond acceptors (Lipinski definition) is 6. The topological polar surface area (TPSA) is 72.2 Å². The smallest absolute Gasteiger partial charge is 0.320 e. The van der Waals surface area contributed by atoms with E-state index in [-0.39, 0.29) is 12.1 Å². The van der Waals surface area contributed by atoms with Crippen molar-refractivity contribution in [1.82, 2.24) is 15.5 Å². The predicted octanol–water partition coefficient (Wildman–Crippen LogP) is 2.76. The first kappa shape index (κ1) is 13.6. The molecule has 2 aromatic rings. The molecule has 2 N–H and O–H groups in total. The van der Waals surface area contributed by atoms with E-state index in [2.05, 4.69) is 20.8 Å². The Morgan fingerprint density at radius 3 is 2.84 bits per heavy atom. The fourth-order valence-corrected chi connectivity index (χ4v) is 1.65. The third kappa shape index (κ3) is 3.15. The van der Waals surface area contributed by atoms with Crippen LogP contribution in [-0.4, -0.2) is 24.4 Å². The summed E-state index contributed by atoms with van der Waals surface area (Å²) < 4.78 is 10.7. The third-order valence-corrected chi connectivity index (χ3v) is 2.88. The Morgan fingerprint density at radius 2 is 2.16 bits per heavy atom. The predicted molar refractivity (Wildman–Crippen MR) is 73.1 cm³/mol. The number of rotatable bonds is 5. The van der Waals surface area contributed by atoms with E-state index in [4.69, 9.17) is 20.8 Å². The lowest BCUT2D eigenvalue weighted by molar-refractivity contribution is 0.415. The van der Waals surface area contributed by atoms with Gasteiger partial charge < -0.3 is 19.8 Å². The van der Waals surface area contributed by atoms with Gasteiger partial charge in [-0.3, -0.25) is 0 Å². The van der Waals surface area contributed by atoms with E-state index in [0.717, 1.165) is 0 Å². The molecule has 1 aromatic heterocycles. The van der Waals surface area contributed by atoms with Crippen molar-refractivity contribution in [3.63, 3.8) is 0 Å². The first-order chi connectivity index (χ1) is 9.13. The first-order valence-corrected chi connectivity index (χ1v) is 6.13. The molecule has 102 valence electrons. The van der Waals surface area contributed by atoms with Crippen LogP contribution in [0.3, 0.4) is 0 Å². The van der Waals surface area contributed by atoms with Crippen LogP contribution in [0.2, 0.25) is 5.02 Å². The Kier molecular flexibility index (Phi) is 4.24. The Morgan fingerprint density at radius 1 is 1.37 bits per heavy atom. The van der Waals surface area contributed by atoms with Crippen LogP contribution < -0.4 is 15.4 Å². The van der Waals surface area contributed by atoms with Crippen LogP contribution in [0.1, 0.15) is 18.9 Å². The molecule has 0 radical (unpaired) electrons. The number of anilines is 2. The van der Waals surface area contributed by atoms with Gasteiger partial charge in [-0.25, -0.2) is 0 Å². The second kappa shape index (κ2) is 5.90. The van der Waals surface area contributed by atoms with Crippen molar-refractivity contribution in [1.29, 1.82) is 0 Å². The number of ether oxygens (including phenoxy) is 1. The molecule has 6 nitrogen and oxygen atoms in total. The van der Waals surface area contributed by atoms with Gasteiger partial charge in [0.1, 0.15) is 5.75 Å². The summed E-state index contributed by atoms with van der Waals surface area (Å²) in [6, 6.07) is 5.51. The zero-order valence-corrected chi connectivity index (χ0v) is 11.7. The van der Waals surface area contributed by atoms with Gasteiger partial charge in [-0.1, -0.05) is 16.7 Å². The van der Waals surface area contributed by atoms with Gasteiger partial charge in [0, 0.05) is 5.02 Å². The van der Waals surface area contributed by atoms with Crippen molar-refractivity contribution in [2.45, 2.75) is 13.0 Å². The largest absolute Gasteiger partial charge is 0.495 e. The summed E-state index contributed by atoms with van der Waals surface area (Å²) in [5, 5.41) is 14.5. The highest BCUT2D eigenvalue weighted by atomic mass is 35.5. The van der Waals surface area contributed by atoms with Crippen molar-refractivity contribution in [3.8, 4) is 5.75 Å². The fraction of sp³-hybridized carbons (Fsp3) is 0.333. The lowest BCUT2D eigenvalue weighted by atomic mass is 10.3. The minimum Gasteiger partial charge on any atom is -0.495 e. The van der Waals surface area contributed by atoms with Gasteiger partial charge in [0.25, 0.3) is 0 Å². The third-order valence-electron chi connectivity index (χ3n) is 2.65. The van der Waals surface area contributed by atoms with Gasteiger partial charge in [-0.2, -0.15) is 0 Å². The molecular formula is C12H15ClN4O2. The SMILES string of the molecule is CNC(C)c1nnc(Nc2cc(Cl)ccc2OC)o1. The van der Waals surface area contributed by atoms with E-state index >= 15 is 0 Å². The molecular weight excluding hydrogens is 268 g/mol. The highest BCUT2D eigenvalue weighted by molar-refractivity contribution is 6.30. The van der Waals surface area contributed by atoms with Gasteiger partial charge in [-0.05, 0) is 32.2 Å². The van der Waals surface area contributed by atoms with Gasteiger partial charge in [0.05, 0.1) is 18.8 Å². The summed E-state index contributed by atoms with van der Waals surface area (Å²) in [7, 11) is 3.40. The molecule has 0 saturated carbocycles. The number of methoxy groups -OCH3 is 1. The van der Waals surface area contributed by atoms with Gasteiger partial charge in [0.2, 0.25) is 5.89 Å². The Labute approximate surface area is 116 Å². The summed E-state index contributed by atoms with van der Waals surface area (Å²) >= 11 is 5.95. The molecule has 0 aliphatic rings. The summed E-state index contributed by atoms with van der Waals surface area (Å²) in [4.78, 5) is 0. The van der Waals surface area contributed by atoms with Crippen molar-refractivity contribution in [2.75, 3.05) is 19.5 Å². The fourth-order valence-electron chi connectivity index (χ4n) is 1.48. The van der Waals surface area contributed by atoms with Crippen LogP contribution in [0.25, 0.3) is 0 Å². The number of nitrogens with zero attached hydrogens (tertiary/aromatic N) is 2. The quantitative estimate of drug-likeness (QED) is 0.878. The van der Waals surface area contributed by atoms with Crippen LogP contribution in [0, 0.1) is 0 Å². The highest BCUT2D eigenvalue weighted by Gasteiger charge is 2.13. The van der Waals surface area contributed by atoms with E-state index in [1.165, 1.54) is 0 Å². The maximum absolute atomic E-state index is 5.95. The van der Waals surface area contributed by atoms with Crippen molar-refractivity contribution >= 4 is 23.3 Å². The minimum atomic E-state index is -0.00990. The molecule has 0 amide bonds.